The van der Waals surface area contributed by atoms with Crippen LogP contribution in [0.1, 0.15) is 24.2 Å². The van der Waals surface area contributed by atoms with E-state index in [1.165, 1.54) is 11.3 Å². The minimum absolute atomic E-state index is 0.491. The molecule has 1 unspecified atom stereocenters. The van der Waals surface area contributed by atoms with Gasteiger partial charge in [0.1, 0.15) is 16.0 Å². The third-order valence-corrected chi connectivity index (χ3v) is 3.34. The molecule has 0 aliphatic rings. The van der Waals surface area contributed by atoms with Crippen LogP contribution in [0.3, 0.4) is 0 Å². The molecular formula is C8H11ClN2O2S. The topological polar surface area (TPSA) is 65.2 Å². The smallest absolute Gasteiger partial charge is 0.405 e. The number of hydrogen-bond acceptors (Lipinski definition) is 4. The molecule has 1 aromatic rings. The quantitative estimate of drug-likeness (QED) is 0.817. The maximum atomic E-state index is 10.6. The molecule has 0 radical (unpaired) electrons. The van der Waals surface area contributed by atoms with E-state index in [9.17, 15) is 4.79 Å². The molecule has 6 heteroatoms. The molecule has 78 valence electrons. The van der Waals surface area contributed by atoms with Crippen LogP contribution >= 0.6 is 22.9 Å². The fraction of sp³-hybridized carbons (Fsp3) is 0.500. The van der Waals surface area contributed by atoms with Crippen molar-refractivity contribution in [1.29, 1.82) is 0 Å². The summed E-state index contributed by atoms with van der Waals surface area (Å²) in [7, 11) is 0. The van der Waals surface area contributed by atoms with Crippen LogP contribution in [0, 0.1) is 0 Å². The molecule has 14 heavy (non-hydrogen) atoms. The Morgan fingerprint density at radius 1 is 1.79 bits per heavy atom. The summed E-state index contributed by atoms with van der Waals surface area (Å²) in [6.45, 7) is 3.38. The second-order valence-electron chi connectivity index (χ2n) is 3.26. The number of amides is 1. The molecule has 1 rings (SSSR count). The maximum Gasteiger partial charge on any atom is 0.405 e. The molecule has 0 aliphatic heterocycles. The number of nitrogens with two attached hydrogens (primary N) is 1. The van der Waals surface area contributed by atoms with Gasteiger partial charge in [-0.05, 0) is 13.8 Å². The number of thiazole rings is 1. The lowest BCUT2D eigenvalue weighted by Gasteiger charge is -2.27. The average molecular weight is 235 g/mol. The van der Waals surface area contributed by atoms with Gasteiger partial charge < -0.3 is 10.5 Å². The van der Waals surface area contributed by atoms with Gasteiger partial charge >= 0.3 is 6.09 Å². The fourth-order valence-corrected chi connectivity index (χ4v) is 2.01. The summed E-state index contributed by atoms with van der Waals surface area (Å²) in [6.07, 6.45) is 0.813. The van der Waals surface area contributed by atoms with E-state index >= 15 is 0 Å². The fourth-order valence-electron chi connectivity index (χ4n) is 0.968. The van der Waals surface area contributed by atoms with E-state index in [-0.39, 0.29) is 0 Å². The second-order valence-corrected chi connectivity index (χ2v) is 4.62. The third kappa shape index (κ3) is 2.59. The van der Waals surface area contributed by atoms with Gasteiger partial charge in [0, 0.05) is 11.6 Å². The van der Waals surface area contributed by atoms with Crippen molar-refractivity contribution in [2.75, 3.05) is 0 Å². The van der Waals surface area contributed by atoms with Crippen molar-refractivity contribution >= 4 is 29.0 Å². The van der Waals surface area contributed by atoms with Crippen molar-refractivity contribution in [1.82, 2.24) is 4.98 Å². The molecule has 2 N–H and O–H groups in total. The first-order valence-electron chi connectivity index (χ1n) is 3.95. The van der Waals surface area contributed by atoms with E-state index in [2.05, 4.69) is 4.98 Å². The number of nitrogens with zero attached hydrogens (tertiary/aromatic N) is 1. The summed E-state index contributed by atoms with van der Waals surface area (Å²) in [5, 5.41) is 2.03. The monoisotopic (exact) mass is 234 g/mol. The van der Waals surface area contributed by atoms with Crippen LogP contribution in [0.2, 0.25) is 0 Å². The number of alkyl halides is 1. The molecular weight excluding hydrogens is 224 g/mol. The summed E-state index contributed by atoms with van der Waals surface area (Å²) in [4.78, 5) is 14.7. The Hall–Kier alpha value is -0.810. The Bertz CT molecular complexity index is 313. The first kappa shape index (κ1) is 11.3. The molecule has 1 aromatic heterocycles. The number of primary amides is 1. The SMILES string of the molecule is CC(C)(OC(N)=O)C(Cl)c1nccs1. The van der Waals surface area contributed by atoms with Crippen LogP contribution in [0.15, 0.2) is 11.6 Å². The van der Waals surface area contributed by atoms with Gasteiger partial charge in [0.05, 0.1) is 0 Å². The lowest BCUT2D eigenvalue weighted by atomic mass is 10.1. The predicted octanol–water partition coefficient (Wildman–Crippen LogP) is 2.30. The van der Waals surface area contributed by atoms with Gasteiger partial charge in [-0.1, -0.05) is 0 Å². The summed E-state index contributed by atoms with van der Waals surface area (Å²) in [5.74, 6) is 0. The number of rotatable bonds is 3. The van der Waals surface area contributed by atoms with Crippen molar-refractivity contribution in [3.63, 3.8) is 0 Å². The molecule has 1 atom stereocenters. The molecule has 0 spiro atoms. The van der Waals surface area contributed by atoms with Crippen molar-refractivity contribution in [3.05, 3.63) is 16.6 Å². The van der Waals surface area contributed by atoms with Gasteiger partial charge in [-0.15, -0.1) is 22.9 Å². The van der Waals surface area contributed by atoms with Gasteiger partial charge in [-0.3, -0.25) is 0 Å². The lowest BCUT2D eigenvalue weighted by molar-refractivity contribution is 0.0420. The number of halogens is 1. The minimum atomic E-state index is -0.856. The van der Waals surface area contributed by atoms with E-state index in [0.717, 1.165) is 0 Å². The normalized spacial score (nSPS) is 13.6. The van der Waals surface area contributed by atoms with Crippen LogP contribution < -0.4 is 5.73 Å². The zero-order valence-corrected chi connectivity index (χ0v) is 9.43. The van der Waals surface area contributed by atoms with E-state index in [1.807, 2.05) is 5.38 Å². The van der Waals surface area contributed by atoms with Crippen LogP contribution in [-0.4, -0.2) is 16.7 Å². The third-order valence-electron chi connectivity index (χ3n) is 1.64. The number of ether oxygens (including phenoxy) is 1. The van der Waals surface area contributed by atoms with E-state index in [1.54, 1.807) is 20.0 Å². The van der Waals surface area contributed by atoms with Gasteiger partial charge in [-0.2, -0.15) is 0 Å². The molecule has 0 fully saturated rings. The maximum absolute atomic E-state index is 10.6. The van der Waals surface area contributed by atoms with Crippen molar-refractivity contribution < 1.29 is 9.53 Å². The number of carbonyl (C=O) groups excluding carboxylic acids is 1. The second kappa shape index (κ2) is 4.14. The molecule has 0 saturated heterocycles. The zero-order chi connectivity index (χ0) is 10.8. The summed E-state index contributed by atoms with van der Waals surface area (Å²) in [5.41, 5.74) is 4.08. The molecule has 0 aromatic carbocycles. The average Bonchev–Trinajstić information content (AvgIpc) is 2.51. The van der Waals surface area contributed by atoms with E-state index in [4.69, 9.17) is 22.1 Å². The Balaban J connectivity index is 2.77. The van der Waals surface area contributed by atoms with Gasteiger partial charge in [-0.25, -0.2) is 9.78 Å². The van der Waals surface area contributed by atoms with Crippen molar-refractivity contribution in [2.45, 2.75) is 24.8 Å². The minimum Gasteiger partial charge on any atom is -0.442 e. The largest absolute Gasteiger partial charge is 0.442 e. The Morgan fingerprint density at radius 2 is 2.43 bits per heavy atom. The summed E-state index contributed by atoms with van der Waals surface area (Å²) < 4.78 is 4.90. The first-order valence-corrected chi connectivity index (χ1v) is 5.27. The van der Waals surface area contributed by atoms with Crippen LogP contribution in [0.4, 0.5) is 4.79 Å². The molecule has 0 bridgehead atoms. The van der Waals surface area contributed by atoms with Crippen LogP contribution in [-0.2, 0) is 4.74 Å². The highest BCUT2D eigenvalue weighted by Gasteiger charge is 2.34. The molecule has 4 nitrogen and oxygen atoms in total. The standard InChI is InChI=1S/C8H11ClN2O2S/c1-8(2,13-7(10)12)5(9)6-11-3-4-14-6/h3-5H,1-2H3,(H2,10,12). The number of hydrogen-bond donors (Lipinski definition) is 1. The van der Waals surface area contributed by atoms with Gasteiger partial charge in [0.15, 0.2) is 0 Å². The molecule has 1 heterocycles. The van der Waals surface area contributed by atoms with E-state index in [0.29, 0.717) is 5.01 Å². The zero-order valence-electron chi connectivity index (χ0n) is 7.86. The highest BCUT2D eigenvalue weighted by atomic mass is 35.5. The highest BCUT2D eigenvalue weighted by molar-refractivity contribution is 7.09. The first-order chi connectivity index (χ1) is 6.43. The number of aromatic nitrogens is 1. The predicted molar refractivity (Wildman–Crippen MR) is 55.5 cm³/mol. The van der Waals surface area contributed by atoms with E-state index < -0.39 is 17.1 Å². The lowest BCUT2D eigenvalue weighted by Crippen LogP contribution is -2.35. The van der Waals surface area contributed by atoms with Crippen LogP contribution in [0.5, 0.6) is 0 Å². The molecule has 0 aliphatic carbocycles. The molecule has 0 saturated carbocycles. The van der Waals surface area contributed by atoms with Crippen LogP contribution in [0.25, 0.3) is 0 Å². The Morgan fingerprint density at radius 3 is 2.86 bits per heavy atom. The Kier molecular flexibility index (Phi) is 3.34. The van der Waals surface area contributed by atoms with Gasteiger partial charge in [0.25, 0.3) is 0 Å². The van der Waals surface area contributed by atoms with Gasteiger partial charge in [0.2, 0.25) is 0 Å². The van der Waals surface area contributed by atoms with Crippen molar-refractivity contribution in [2.24, 2.45) is 5.73 Å². The van der Waals surface area contributed by atoms with Crippen molar-refractivity contribution in [3.8, 4) is 0 Å². The molecule has 1 amide bonds. The summed E-state index contributed by atoms with van der Waals surface area (Å²) in [6, 6.07) is 0. The highest BCUT2D eigenvalue weighted by Crippen LogP contribution is 2.35. The number of carbonyl (C=O) groups is 1. The summed E-state index contributed by atoms with van der Waals surface area (Å²) >= 11 is 7.51. The Labute approximate surface area is 91.0 Å².